The van der Waals surface area contributed by atoms with Crippen LogP contribution in [0.2, 0.25) is 5.02 Å². The van der Waals surface area contributed by atoms with Crippen LogP contribution in [0.1, 0.15) is 29.3 Å². The molecule has 0 aliphatic heterocycles. The summed E-state index contributed by atoms with van der Waals surface area (Å²) in [6, 6.07) is 5.25. The second kappa shape index (κ2) is 5.10. The van der Waals surface area contributed by atoms with Gasteiger partial charge in [0.2, 0.25) is 0 Å². The smallest absolute Gasteiger partial charge is 0.164 e. The van der Waals surface area contributed by atoms with Crippen molar-refractivity contribution in [2.75, 3.05) is 6.54 Å². The van der Waals surface area contributed by atoms with E-state index in [0.717, 1.165) is 11.1 Å². The van der Waals surface area contributed by atoms with Crippen molar-refractivity contribution in [2.45, 2.75) is 13.3 Å². The summed E-state index contributed by atoms with van der Waals surface area (Å²) < 4.78 is 0. The van der Waals surface area contributed by atoms with Gasteiger partial charge in [-0.2, -0.15) is 0 Å². The lowest BCUT2D eigenvalue weighted by atomic mass is 10.0. The highest BCUT2D eigenvalue weighted by Gasteiger charge is 2.07. The predicted molar refractivity (Wildman–Crippen MR) is 64.2 cm³/mol. The maximum absolute atomic E-state index is 11.6. The molecule has 0 unspecified atom stereocenters. The van der Waals surface area contributed by atoms with Gasteiger partial charge in [0.25, 0.3) is 0 Å². The summed E-state index contributed by atoms with van der Waals surface area (Å²) in [5, 5.41) is 0.552. The van der Waals surface area contributed by atoms with Crippen LogP contribution >= 0.6 is 11.6 Å². The summed E-state index contributed by atoms with van der Waals surface area (Å²) in [6.07, 6.45) is 0.343. The monoisotopic (exact) mass is 223 g/mol. The molecule has 0 aliphatic rings. The summed E-state index contributed by atoms with van der Waals surface area (Å²) in [4.78, 5) is 11.6. The summed E-state index contributed by atoms with van der Waals surface area (Å²) >= 11 is 5.91. The molecule has 0 atom stereocenters. The van der Waals surface area contributed by atoms with Gasteiger partial charge in [-0.3, -0.25) is 4.79 Å². The number of Topliss-reactive ketones (excluding diaryl/α,β-unsaturated/α-hetero) is 1. The molecule has 15 heavy (non-hydrogen) atoms. The van der Waals surface area contributed by atoms with Gasteiger partial charge < -0.3 is 5.73 Å². The van der Waals surface area contributed by atoms with Crippen LogP contribution in [0.3, 0.4) is 0 Å². The first-order valence-electron chi connectivity index (χ1n) is 4.74. The first kappa shape index (κ1) is 12.0. The van der Waals surface area contributed by atoms with Crippen molar-refractivity contribution in [3.8, 4) is 0 Å². The Bertz CT molecular complexity index is 399. The first-order chi connectivity index (χ1) is 7.04. The van der Waals surface area contributed by atoms with Gasteiger partial charge in [-0.25, -0.2) is 0 Å². The average Bonchev–Trinajstić information content (AvgIpc) is 2.17. The van der Waals surface area contributed by atoms with Crippen molar-refractivity contribution in [3.63, 3.8) is 0 Å². The Morgan fingerprint density at radius 3 is 2.53 bits per heavy atom. The number of nitrogens with two attached hydrogens (primary N) is 1. The van der Waals surface area contributed by atoms with Crippen LogP contribution in [0.4, 0.5) is 0 Å². The molecule has 0 fully saturated rings. The minimum absolute atomic E-state index is 0.0162. The summed E-state index contributed by atoms with van der Waals surface area (Å²) in [5.41, 5.74) is 7.71. The minimum atomic E-state index is 0.0162. The zero-order valence-corrected chi connectivity index (χ0v) is 9.47. The van der Waals surface area contributed by atoms with Crippen molar-refractivity contribution in [1.29, 1.82) is 0 Å². The molecule has 0 spiro atoms. The quantitative estimate of drug-likeness (QED) is 0.798. The molecule has 0 amide bonds. The summed E-state index contributed by atoms with van der Waals surface area (Å²) in [7, 11) is 0. The lowest BCUT2D eigenvalue weighted by molar-refractivity contribution is 0.0985. The van der Waals surface area contributed by atoms with E-state index in [-0.39, 0.29) is 5.78 Å². The van der Waals surface area contributed by atoms with Crippen molar-refractivity contribution < 1.29 is 4.79 Å². The number of ketones is 1. The van der Waals surface area contributed by atoms with Crippen molar-refractivity contribution in [2.24, 2.45) is 5.73 Å². The molecule has 0 saturated carbocycles. The molecular weight excluding hydrogens is 210 g/mol. The van der Waals surface area contributed by atoms with E-state index in [1.807, 2.05) is 6.92 Å². The standard InChI is InChI=1S/C12H14ClNO/c1-8(2)9-5-10(7-11(13)6-9)12(15)3-4-14/h5-7H,1,3-4,14H2,2H3. The Labute approximate surface area is 94.7 Å². The van der Waals surface area contributed by atoms with Crippen molar-refractivity contribution in [1.82, 2.24) is 0 Å². The third kappa shape index (κ3) is 3.18. The molecule has 0 radical (unpaired) electrons. The molecule has 0 saturated heterocycles. The first-order valence-corrected chi connectivity index (χ1v) is 5.12. The van der Waals surface area contributed by atoms with Gasteiger partial charge in [0.1, 0.15) is 0 Å². The zero-order valence-electron chi connectivity index (χ0n) is 8.72. The van der Waals surface area contributed by atoms with E-state index in [0.29, 0.717) is 23.6 Å². The van der Waals surface area contributed by atoms with E-state index in [1.54, 1.807) is 18.2 Å². The van der Waals surface area contributed by atoms with Crippen LogP contribution in [-0.4, -0.2) is 12.3 Å². The maximum Gasteiger partial charge on any atom is 0.164 e. The van der Waals surface area contributed by atoms with Crippen molar-refractivity contribution >= 4 is 23.0 Å². The third-order valence-electron chi connectivity index (χ3n) is 2.08. The third-order valence-corrected chi connectivity index (χ3v) is 2.30. The Kier molecular flexibility index (Phi) is 4.06. The van der Waals surface area contributed by atoms with Gasteiger partial charge in [0.05, 0.1) is 0 Å². The molecule has 3 heteroatoms. The van der Waals surface area contributed by atoms with Crippen LogP contribution in [-0.2, 0) is 0 Å². The molecule has 2 nitrogen and oxygen atoms in total. The van der Waals surface area contributed by atoms with Gasteiger partial charge in [-0.1, -0.05) is 23.8 Å². The van der Waals surface area contributed by atoms with Crippen LogP contribution in [0.15, 0.2) is 24.8 Å². The molecule has 0 bridgehead atoms. The number of halogens is 1. The fourth-order valence-corrected chi connectivity index (χ4v) is 1.51. The highest BCUT2D eigenvalue weighted by molar-refractivity contribution is 6.31. The Balaban J connectivity index is 3.09. The van der Waals surface area contributed by atoms with Crippen LogP contribution in [0, 0.1) is 0 Å². The van der Waals surface area contributed by atoms with E-state index in [2.05, 4.69) is 6.58 Å². The average molecular weight is 224 g/mol. The second-order valence-electron chi connectivity index (χ2n) is 3.47. The molecule has 0 heterocycles. The van der Waals surface area contributed by atoms with E-state index >= 15 is 0 Å². The highest BCUT2D eigenvalue weighted by atomic mass is 35.5. The number of carbonyl (C=O) groups is 1. The van der Waals surface area contributed by atoms with Gasteiger partial charge >= 0.3 is 0 Å². The summed E-state index contributed by atoms with van der Waals surface area (Å²) in [5.74, 6) is 0.0162. The summed E-state index contributed by atoms with van der Waals surface area (Å²) in [6.45, 7) is 6.05. The number of rotatable bonds is 4. The van der Waals surface area contributed by atoms with E-state index in [4.69, 9.17) is 17.3 Å². The fraction of sp³-hybridized carbons (Fsp3) is 0.250. The van der Waals surface area contributed by atoms with E-state index < -0.39 is 0 Å². The number of carbonyl (C=O) groups excluding carboxylic acids is 1. The lowest BCUT2D eigenvalue weighted by Gasteiger charge is -2.05. The molecule has 0 aromatic heterocycles. The van der Waals surface area contributed by atoms with Gasteiger partial charge in [0, 0.05) is 17.0 Å². The molecule has 2 N–H and O–H groups in total. The van der Waals surface area contributed by atoms with E-state index in [9.17, 15) is 4.79 Å². The number of allylic oxidation sites excluding steroid dienone is 1. The topological polar surface area (TPSA) is 43.1 Å². The Hall–Kier alpha value is -1.12. The molecule has 1 rings (SSSR count). The lowest BCUT2D eigenvalue weighted by Crippen LogP contribution is -2.08. The van der Waals surface area contributed by atoms with Gasteiger partial charge in [-0.05, 0) is 37.2 Å². The van der Waals surface area contributed by atoms with Crippen LogP contribution in [0.25, 0.3) is 5.57 Å². The Morgan fingerprint density at radius 1 is 1.40 bits per heavy atom. The van der Waals surface area contributed by atoms with Gasteiger partial charge in [0.15, 0.2) is 5.78 Å². The van der Waals surface area contributed by atoms with Crippen LogP contribution < -0.4 is 5.73 Å². The largest absolute Gasteiger partial charge is 0.330 e. The molecule has 1 aromatic carbocycles. The number of benzene rings is 1. The molecule has 80 valence electrons. The minimum Gasteiger partial charge on any atom is -0.330 e. The van der Waals surface area contributed by atoms with Gasteiger partial charge in [-0.15, -0.1) is 0 Å². The molecular formula is C12H14ClNO. The second-order valence-corrected chi connectivity index (χ2v) is 3.91. The highest BCUT2D eigenvalue weighted by Crippen LogP contribution is 2.20. The molecule has 0 aliphatic carbocycles. The molecule has 1 aromatic rings. The van der Waals surface area contributed by atoms with Crippen LogP contribution in [0.5, 0.6) is 0 Å². The number of hydrogen-bond acceptors (Lipinski definition) is 2. The fourth-order valence-electron chi connectivity index (χ4n) is 1.27. The maximum atomic E-state index is 11.6. The number of hydrogen-bond donors (Lipinski definition) is 1. The van der Waals surface area contributed by atoms with E-state index in [1.165, 1.54) is 0 Å². The normalized spacial score (nSPS) is 10.1. The zero-order chi connectivity index (χ0) is 11.4. The predicted octanol–water partition coefficient (Wildman–Crippen LogP) is 2.90. The SMILES string of the molecule is C=C(C)c1cc(Cl)cc(C(=O)CCN)c1. The Morgan fingerprint density at radius 2 is 2.00 bits per heavy atom. The van der Waals surface area contributed by atoms with Crippen molar-refractivity contribution in [3.05, 3.63) is 40.9 Å².